The maximum Gasteiger partial charge on any atom is 0.170 e. The normalized spacial score (nSPS) is 31.5. The van der Waals surface area contributed by atoms with Crippen molar-refractivity contribution in [3.8, 4) is 5.75 Å². The molecule has 2 aliphatic rings. The predicted octanol–water partition coefficient (Wildman–Crippen LogP) is 2.25. The van der Waals surface area contributed by atoms with Crippen molar-refractivity contribution in [2.75, 3.05) is 13.6 Å². The molecule has 1 aromatic rings. The first kappa shape index (κ1) is 11.7. The van der Waals surface area contributed by atoms with Gasteiger partial charge in [-0.3, -0.25) is 9.69 Å². The van der Waals surface area contributed by atoms with Gasteiger partial charge in [0.25, 0.3) is 0 Å². The van der Waals surface area contributed by atoms with E-state index in [0.717, 1.165) is 13.0 Å². The molecule has 2 unspecified atom stereocenters. The van der Waals surface area contributed by atoms with E-state index < -0.39 is 5.60 Å². The van der Waals surface area contributed by atoms with Crippen LogP contribution in [-0.4, -0.2) is 35.9 Å². The molecular weight excluding hydrogens is 233 g/mol. The van der Waals surface area contributed by atoms with Gasteiger partial charge in [0, 0.05) is 25.1 Å². The number of ether oxygens (including phenoxy) is 1. The second kappa shape index (κ2) is 3.79. The molecule has 3 rings (SSSR count). The van der Waals surface area contributed by atoms with Gasteiger partial charge in [-0.25, -0.2) is 4.39 Å². The predicted molar refractivity (Wildman–Crippen MR) is 65.4 cm³/mol. The van der Waals surface area contributed by atoms with Gasteiger partial charge in [0.15, 0.2) is 5.78 Å². The van der Waals surface area contributed by atoms with Crippen LogP contribution in [0.3, 0.4) is 0 Å². The zero-order valence-corrected chi connectivity index (χ0v) is 10.6. The number of Topliss-reactive ketones (excluding diaryl/α,β-unsaturated/α-hetero) is 1. The first-order chi connectivity index (χ1) is 8.49. The second-order valence-electron chi connectivity index (χ2n) is 5.49. The van der Waals surface area contributed by atoms with E-state index in [0.29, 0.717) is 23.8 Å². The SMILES string of the molecule is CC1CC2(CC(=O)c3ccc(F)cc3O2)CN1C. The number of benzene rings is 1. The number of rotatable bonds is 0. The Hall–Kier alpha value is -1.42. The molecule has 2 aliphatic heterocycles. The highest BCUT2D eigenvalue weighted by molar-refractivity contribution is 6.00. The van der Waals surface area contributed by atoms with Gasteiger partial charge < -0.3 is 4.74 Å². The van der Waals surface area contributed by atoms with Crippen LogP contribution in [0.5, 0.6) is 5.75 Å². The molecule has 0 aromatic heterocycles. The minimum absolute atomic E-state index is 0.0544. The topological polar surface area (TPSA) is 29.5 Å². The quantitative estimate of drug-likeness (QED) is 0.706. The molecule has 0 radical (unpaired) electrons. The van der Waals surface area contributed by atoms with Crippen molar-refractivity contribution in [3.05, 3.63) is 29.6 Å². The third kappa shape index (κ3) is 1.72. The van der Waals surface area contributed by atoms with Gasteiger partial charge in [0.2, 0.25) is 0 Å². The Morgan fingerprint density at radius 1 is 1.50 bits per heavy atom. The highest BCUT2D eigenvalue weighted by Gasteiger charge is 2.47. The minimum Gasteiger partial charge on any atom is -0.485 e. The zero-order chi connectivity index (χ0) is 12.9. The molecule has 0 saturated carbocycles. The first-order valence-electron chi connectivity index (χ1n) is 6.21. The maximum atomic E-state index is 13.2. The Balaban J connectivity index is 1.98. The van der Waals surface area contributed by atoms with E-state index in [4.69, 9.17) is 4.74 Å². The molecule has 3 nitrogen and oxygen atoms in total. The van der Waals surface area contributed by atoms with Crippen molar-refractivity contribution in [1.82, 2.24) is 4.90 Å². The van der Waals surface area contributed by atoms with E-state index in [9.17, 15) is 9.18 Å². The summed E-state index contributed by atoms with van der Waals surface area (Å²) in [5, 5.41) is 0. The fraction of sp³-hybridized carbons (Fsp3) is 0.500. The summed E-state index contributed by atoms with van der Waals surface area (Å²) < 4.78 is 19.2. The van der Waals surface area contributed by atoms with Crippen molar-refractivity contribution >= 4 is 5.78 Å². The van der Waals surface area contributed by atoms with Crippen molar-refractivity contribution in [2.45, 2.75) is 31.4 Å². The summed E-state index contributed by atoms with van der Waals surface area (Å²) in [5.41, 5.74) is 0.0377. The number of fused-ring (bicyclic) bond motifs is 1. The average molecular weight is 249 g/mol. The summed E-state index contributed by atoms with van der Waals surface area (Å²) in [6, 6.07) is 4.52. The lowest BCUT2D eigenvalue weighted by atomic mass is 9.88. The molecule has 4 heteroatoms. The van der Waals surface area contributed by atoms with Crippen LogP contribution in [0.25, 0.3) is 0 Å². The van der Waals surface area contributed by atoms with Crippen LogP contribution >= 0.6 is 0 Å². The van der Waals surface area contributed by atoms with E-state index in [-0.39, 0.29) is 11.6 Å². The Morgan fingerprint density at radius 2 is 2.28 bits per heavy atom. The summed E-state index contributed by atoms with van der Waals surface area (Å²) in [6.07, 6.45) is 1.20. The number of likely N-dealkylation sites (tertiary alicyclic amines) is 1. The smallest absolute Gasteiger partial charge is 0.170 e. The lowest BCUT2D eigenvalue weighted by Crippen LogP contribution is -2.44. The molecule has 0 N–H and O–H groups in total. The van der Waals surface area contributed by atoms with Crippen LogP contribution in [0.4, 0.5) is 4.39 Å². The number of halogens is 1. The van der Waals surface area contributed by atoms with Gasteiger partial charge >= 0.3 is 0 Å². The Bertz CT molecular complexity index is 505. The van der Waals surface area contributed by atoms with Gasteiger partial charge in [-0.2, -0.15) is 0 Å². The minimum atomic E-state index is -0.466. The van der Waals surface area contributed by atoms with Crippen molar-refractivity contribution in [1.29, 1.82) is 0 Å². The largest absolute Gasteiger partial charge is 0.485 e. The van der Waals surface area contributed by atoms with Gasteiger partial charge in [-0.05, 0) is 26.1 Å². The van der Waals surface area contributed by atoms with Gasteiger partial charge in [0.05, 0.1) is 12.0 Å². The number of hydrogen-bond donors (Lipinski definition) is 0. The maximum absolute atomic E-state index is 13.2. The van der Waals surface area contributed by atoms with E-state index >= 15 is 0 Å². The average Bonchev–Trinajstić information content (AvgIpc) is 2.52. The third-order valence-electron chi connectivity index (χ3n) is 4.01. The van der Waals surface area contributed by atoms with Crippen molar-refractivity contribution < 1.29 is 13.9 Å². The Labute approximate surface area is 106 Å². The highest BCUT2D eigenvalue weighted by atomic mass is 19.1. The van der Waals surface area contributed by atoms with E-state index in [2.05, 4.69) is 11.8 Å². The highest BCUT2D eigenvalue weighted by Crippen LogP contribution is 2.40. The number of ketones is 1. The molecule has 1 saturated heterocycles. The second-order valence-corrected chi connectivity index (χ2v) is 5.49. The molecule has 2 heterocycles. The lowest BCUT2D eigenvalue weighted by Gasteiger charge is -2.34. The number of hydrogen-bond acceptors (Lipinski definition) is 3. The van der Waals surface area contributed by atoms with E-state index in [1.165, 1.54) is 18.2 Å². The molecule has 0 amide bonds. The van der Waals surface area contributed by atoms with Crippen LogP contribution in [0, 0.1) is 5.82 Å². The number of likely N-dealkylation sites (N-methyl/N-ethyl adjacent to an activating group) is 1. The molecule has 96 valence electrons. The molecule has 1 spiro atoms. The summed E-state index contributed by atoms with van der Waals surface area (Å²) in [7, 11) is 2.02. The van der Waals surface area contributed by atoms with Crippen molar-refractivity contribution in [2.24, 2.45) is 0 Å². The van der Waals surface area contributed by atoms with Gasteiger partial charge in [-0.15, -0.1) is 0 Å². The molecule has 0 bridgehead atoms. The third-order valence-corrected chi connectivity index (χ3v) is 4.01. The summed E-state index contributed by atoms with van der Waals surface area (Å²) in [4.78, 5) is 14.3. The zero-order valence-electron chi connectivity index (χ0n) is 10.6. The van der Waals surface area contributed by atoms with E-state index in [1.54, 1.807) is 0 Å². The summed E-state index contributed by atoms with van der Waals surface area (Å²) in [6.45, 7) is 2.83. The first-order valence-corrected chi connectivity index (χ1v) is 6.21. The van der Waals surface area contributed by atoms with Crippen LogP contribution < -0.4 is 4.74 Å². The fourth-order valence-corrected chi connectivity index (χ4v) is 3.04. The monoisotopic (exact) mass is 249 g/mol. The number of carbonyl (C=O) groups excluding carboxylic acids is 1. The molecule has 1 aromatic carbocycles. The molecule has 18 heavy (non-hydrogen) atoms. The molecular formula is C14H16FNO2. The van der Waals surface area contributed by atoms with Gasteiger partial charge in [0.1, 0.15) is 17.2 Å². The van der Waals surface area contributed by atoms with Crippen LogP contribution in [0.15, 0.2) is 18.2 Å². The van der Waals surface area contributed by atoms with Gasteiger partial charge in [-0.1, -0.05) is 0 Å². The molecule has 1 fully saturated rings. The standard InChI is InChI=1S/C14H16FNO2/c1-9-6-14(8-16(9)2)7-12(17)11-4-3-10(15)5-13(11)18-14/h3-5,9H,6-8H2,1-2H3. The van der Waals surface area contributed by atoms with Crippen molar-refractivity contribution in [3.63, 3.8) is 0 Å². The fourth-order valence-electron chi connectivity index (χ4n) is 3.04. The molecule has 2 atom stereocenters. The Kier molecular flexibility index (Phi) is 2.45. The summed E-state index contributed by atoms with van der Waals surface area (Å²) >= 11 is 0. The number of carbonyl (C=O) groups is 1. The van der Waals surface area contributed by atoms with E-state index in [1.807, 2.05) is 7.05 Å². The Morgan fingerprint density at radius 3 is 2.94 bits per heavy atom. The van der Waals surface area contributed by atoms with Crippen LogP contribution in [-0.2, 0) is 0 Å². The summed E-state index contributed by atoms with van der Waals surface area (Å²) in [5.74, 6) is 0.0884. The molecule has 0 aliphatic carbocycles. The lowest BCUT2D eigenvalue weighted by molar-refractivity contribution is 0.0472. The number of nitrogens with zero attached hydrogens (tertiary/aromatic N) is 1. The van der Waals surface area contributed by atoms with Crippen LogP contribution in [0.2, 0.25) is 0 Å². The van der Waals surface area contributed by atoms with Crippen LogP contribution in [0.1, 0.15) is 30.1 Å².